The van der Waals surface area contributed by atoms with E-state index in [0.29, 0.717) is 30.3 Å². The standard InChI is InChI=1S/C19H24N6O3/c1-12-5-16(24-19(26)25-18-10-22-14(7-20)8-23-18)17(6-13(12)2)28-11-15-9-21-3-4-27-15/h5-8,10,15,20-21H,3-4,9,11H2,1-2H3,(H2,23,24,25,26). The molecule has 0 spiro atoms. The summed E-state index contributed by atoms with van der Waals surface area (Å²) in [5, 5.41) is 15.8. The van der Waals surface area contributed by atoms with Crippen LogP contribution >= 0.6 is 0 Å². The topological polar surface area (TPSA) is 121 Å². The first-order valence-corrected chi connectivity index (χ1v) is 9.02. The van der Waals surface area contributed by atoms with Crippen molar-refractivity contribution >= 4 is 23.8 Å². The number of carbonyl (C=O) groups excluding carboxylic acids is 1. The van der Waals surface area contributed by atoms with Gasteiger partial charge in [-0.15, -0.1) is 0 Å². The molecule has 1 saturated heterocycles. The predicted octanol–water partition coefficient (Wildman–Crippen LogP) is 2.10. The molecule has 0 saturated carbocycles. The third-order valence-corrected chi connectivity index (χ3v) is 4.33. The van der Waals surface area contributed by atoms with Gasteiger partial charge in [-0.25, -0.2) is 14.8 Å². The van der Waals surface area contributed by atoms with Crippen LogP contribution in [0.2, 0.25) is 0 Å². The summed E-state index contributed by atoms with van der Waals surface area (Å²) in [6.45, 7) is 6.59. The average molecular weight is 384 g/mol. The van der Waals surface area contributed by atoms with Gasteiger partial charge in [0.05, 0.1) is 30.4 Å². The second kappa shape index (κ2) is 9.25. The Morgan fingerprint density at radius 2 is 2.14 bits per heavy atom. The third kappa shape index (κ3) is 5.24. The summed E-state index contributed by atoms with van der Waals surface area (Å²) in [5.74, 6) is 0.869. The minimum atomic E-state index is -0.458. The summed E-state index contributed by atoms with van der Waals surface area (Å²) in [7, 11) is 0. The first-order valence-electron chi connectivity index (χ1n) is 9.02. The summed E-state index contributed by atoms with van der Waals surface area (Å²) in [6.07, 6.45) is 3.86. The molecule has 1 unspecified atom stereocenters. The fraction of sp³-hybridized carbons (Fsp3) is 0.368. The number of urea groups is 1. The molecule has 4 N–H and O–H groups in total. The van der Waals surface area contributed by atoms with Gasteiger partial charge in [0.1, 0.15) is 18.5 Å². The number of carbonyl (C=O) groups is 1. The van der Waals surface area contributed by atoms with Crippen molar-refractivity contribution in [1.82, 2.24) is 15.3 Å². The smallest absolute Gasteiger partial charge is 0.324 e. The van der Waals surface area contributed by atoms with Gasteiger partial charge < -0.3 is 25.5 Å². The second-order valence-corrected chi connectivity index (χ2v) is 6.49. The van der Waals surface area contributed by atoms with Crippen molar-refractivity contribution in [2.75, 3.05) is 36.9 Å². The van der Waals surface area contributed by atoms with Crippen molar-refractivity contribution in [3.63, 3.8) is 0 Å². The van der Waals surface area contributed by atoms with Crippen LogP contribution in [0.3, 0.4) is 0 Å². The summed E-state index contributed by atoms with van der Waals surface area (Å²) in [5.41, 5.74) is 3.08. The van der Waals surface area contributed by atoms with Gasteiger partial charge in [-0.1, -0.05) is 0 Å². The van der Waals surface area contributed by atoms with Crippen LogP contribution in [0.1, 0.15) is 16.8 Å². The van der Waals surface area contributed by atoms with Gasteiger partial charge in [0.2, 0.25) is 0 Å². The lowest BCUT2D eigenvalue weighted by Gasteiger charge is -2.24. The normalized spacial score (nSPS) is 16.3. The van der Waals surface area contributed by atoms with Crippen LogP contribution < -0.4 is 20.7 Å². The molecule has 1 fully saturated rings. The van der Waals surface area contributed by atoms with E-state index in [1.165, 1.54) is 12.4 Å². The maximum atomic E-state index is 12.4. The van der Waals surface area contributed by atoms with E-state index in [4.69, 9.17) is 14.9 Å². The number of nitrogens with zero attached hydrogens (tertiary/aromatic N) is 2. The van der Waals surface area contributed by atoms with Crippen molar-refractivity contribution < 1.29 is 14.3 Å². The van der Waals surface area contributed by atoms with E-state index >= 15 is 0 Å². The molecule has 2 amide bonds. The largest absolute Gasteiger partial charge is 0.489 e. The molecule has 2 aromatic rings. The minimum absolute atomic E-state index is 0.0281. The highest BCUT2D eigenvalue weighted by Crippen LogP contribution is 2.29. The van der Waals surface area contributed by atoms with Gasteiger partial charge >= 0.3 is 6.03 Å². The minimum Gasteiger partial charge on any atom is -0.489 e. The highest BCUT2D eigenvalue weighted by Gasteiger charge is 2.16. The Balaban J connectivity index is 1.67. The lowest BCUT2D eigenvalue weighted by atomic mass is 10.1. The van der Waals surface area contributed by atoms with Crippen LogP contribution in [0.25, 0.3) is 0 Å². The molecule has 0 bridgehead atoms. The second-order valence-electron chi connectivity index (χ2n) is 6.49. The number of hydrogen-bond donors (Lipinski definition) is 4. The Bertz CT molecular complexity index is 834. The highest BCUT2D eigenvalue weighted by atomic mass is 16.5. The van der Waals surface area contributed by atoms with Gasteiger partial charge in [0.25, 0.3) is 0 Å². The number of ether oxygens (including phenoxy) is 2. The Labute approximate surface area is 163 Å². The highest BCUT2D eigenvalue weighted by molar-refractivity contribution is 6.00. The van der Waals surface area contributed by atoms with Crippen LogP contribution in [-0.4, -0.2) is 54.6 Å². The summed E-state index contributed by atoms with van der Waals surface area (Å²) in [4.78, 5) is 20.4. The molecule has 1 aromatic heterocycles. The van der Waals surface area contributed by atoms with E-state index in [-0.39, 0.29) is 11.9 Å². The molecular weight excluding hydrogens is 360 g/mol. The van der Waals surface area contributed by atoms with E-state index in [2.05, 4.69) is 25.9 Å². The van der Waals surface area contributed by atoms with Crippen LogP contribution in [0.15, 0.2) is 24.5 Å². The molecule has 1 aromatic carbocycles. The number of aryl methyl sites for hydroxylation is 2. The zero-order valence-corrected chi connectivity index (χ0v) is 15.9. The van der Waals surface area contributed by atoms with Gasteiger partial charge in [-0.2, -0.15) is 0 Å². The number of hydrogen-bond acceptors (Lipinski definition) is 7. The number of anilines is 2. The maximum Gasteiger partial charge on any atom is 0.324 e. The number of morpholine rings is 1. The molecule has 1 atom stereocenters. The quantitative estimate of drug-likeness (QED) is 0.566. The van der Waals surface area contributed by atoms with Gasteiger partial charge in [0.15, 0.2) is 5.82 Å². The van der Waals surface area contributed by atoms with E-state index in [0.717, 1.165) is 30.4 Å². The van der Waals surface area contributed by atoms with Crippen molar-refractivity contribution in [2.45, 2.75) is 20.0 Å². The molecular formula is C19H24N6O3. The maximum absolute atomic E-state index is 12.4. The average Bonchev–Trinajstić information content (AvgIpc) is 2.71. The summed E-state index contributed by atoms with van der Waals surface area (Å²) < 4.78 is 11.6. The van der Waals surface area contributed by atoms with Crippen LogP contribution in [0.4, 0.5) is 16.3 Å². The first-order chi connectivity index (χ1) is 13.5. The molecule has 28 heavy (non-hydrogen) atoms. The van der Waals surface area contributed by atoms with Crippen molar-refractivity contribution in [3.05, 3.63) is 41.3 Å². The molecule has 9 heteroatoms. The molecule has 3 rings (SSSR count). The van der Waals surface area contributed by atoms with Crippen molar-refractivity contribution in [2.24, 2.45) is 0 Å². The number of nitrogens with one attached hydrogen (secondary N) is 4. The third-order valence-electron chi connectivity index (χ3n) is 4.33. The Morgan fingerprint density at radius 3 is 2.82 bits per heavy atom. The van der Waals surface area contributed by atoms with Gasteiger partial charge in [-0.3, -0.25) is 5.32 Å². The van der Waals surface area contributed by atoms with E-state index in [1.807, 2.05) is 26.0 Å². The van der Waals surface area contributed by atoms with Gasteiger partial charge in [0, 0.05) is 19.3 Å². The zero-order chi connectivity index (χ0) is 19.9. The van der Waals surface area contributed by atoms with Crippen molar-refractivity contribution in [3.8, 4) is 5.75 Å². The van der Waals surface area contributed by atoms with Crippen LogP contribution in [0, 0.1) is 19.3 Å². The first kappa shape index (κ1) is 19.7. The molecule has 2 heterocycles. The van der Waals surface area contributed by atoms with E-state index in [1.54, 1.807) is 0 Å². The molecule has 9 nitrogen and oxygen atoms in total. The predicted molar refractivity (Wildman–Crippen MR) is 107 cm³/mol. The van der Waals surface area contributed by atoms with E-state index in [9.17, 15) is 4.79 Å². The fourth-order valence-electron chi connectivity index (χ4n) is 2.66. The fourth-order valence-corrected chi connectivity index (χ4v) is 2.66. The lowest BCUT2D eigenvalue weighted by molar-refractivity contribution is 0.000339. The lowest BCUT2D eigenvalue weighted by Crippen LogP contribution is -2.41. The number of aromatic nitrogens is 2. The molecule has 0 radical (unpaired) electrons. The molecule has 148 valence electrons. The molecule has 1 aliphatic rings. The number of benzene rings is 1. The Hall–Kier alpha value is -3.04. The SMILES string of the molecule is Cc1cc(NC(=O)Nc2cnc(C=N)cn2)c(OCC2CNCCO2)cc1C. The van der Waals surface area contributed by atoms with Crippen molar-refractivity contribution in [1.29, 1.82) is 5.41 Å². The molecule has 0 aliphatic carbocycles. The van der Waals surface area contributed by atoms with Crippen LogP contribution in [-0.2, 0) is 4.74 Å². The Kier molecular flexibility index (Phi) is 6.51. The Morgan fingerprint density at radius 1 is 1.32 bits per heavy atom. The molecule has 1 aliphatic heterocycles. The summed E-state index contributed by atoms with van der Waals surface area (Å²) >= 11 is 0. The van der Waals surface area contributed by atoms with Gasteiger partial charge in [-0.05, 0) is 37.1 Å². The zero-order valence-electron chi connectivity index (χ0n) is 15.9. The number of rotatable bonds is 6. The monoisotopic (exact) mass is 384 g/mol. The van der Waals surface area contributed by atoms with Crippen LogP contribution in [0.5, 0.6) is 5.75 Å². The number of amides is 2. The summed E-state index contributed by atoms with van der Waals surface area (Å²) in [6, 6.07) is 3.31. The van der Waals surface area contributed by atoms with E-state index < -0.39 is 6.03 Å².